The van der Waals surface area contributed by atoms with Crippen LogP contribution in [0.25, 0.3) is 0 Å². The van der Waals surface area contributed by atoms with Gasteiger partial charge in [0, 0.05) is 44.4 Å². The van der Waals surface area contributed by atoms with E-state index in [0.717, 1.165) is 36.9 Å². The van der Waals surface area contributed by atoms with Gasteiger partial charge < -0.3 is 14.8 Å². The molecule has 3 rings (SSSR count). The number of fused-ring (bicyclic) bond motifs is 1. The van der Waals surface area contributed by atoms with E-state index in [1.54, 1.807) is 11.9 Å². The van der Waals surface area contributed by atoms with E-state index in [4.69, 9.17) is 0 Å². The standard InChI is InChI=1S/C23H31N3O2/c1-17-12-13-18(2)25(17)14-8-4-5-11-22(27)26-16-20-10-7-6-9-19(20)15-21(26)23(28)24-3/h6-7,9-10,12-13,21H,4-5,8,11,14-16H2,1-3H3,(H,24,28)/t21-/m0/s1. The molecule has 1 atom stereocenters. The fourth-order valence-corrected chi connectivity index (χ4v) is 4.10. The van der Waals surface area contributed by atoms with Crippen LogP contribution in [0.5, 0.6) is 0 Å². The summed E-state index contributed by atoms with van der Waals surface area (Å²) in [6.07, 6.45) is 4.02. The van der Waals surface area contributed by atoms with Crippen LogP contribution >= 0.6 is 0 Å². The van der Waals surface area contributed by atoms with E-state index in [0.29, 0.717) is 19.4 Å². The summed E-state index contributed by atoms with van der Waals surface area (Å²) in [5.41, 5.74) is 4.88. The Hall–Kier alpha value is -2.56. The van der Waals surface area contributed by atoms with Crippen molar-refractivity contribution in [2.75, 3.05) is 7.05 Å². The zero-order valence-electron chi connectivity index (χ0n) is 17.2. The van der Waals surface area contributed by atoms with Gasteiger partial charge in [0.25, 0.3) is 0 Å². The van der Waals surface area contributed by atoms with Crippen molar-refractivity contribution in [2.45, 2.75) is 65.1 Å². The number of nitrogens with zero attached hydrogens (tertiary/aromatic N) is 2. The summed E-state index contributed by atoms with van der Waals surface area (Å²) < 4.78 is 2.32. The smallest absolute Gasteiger partial charge is 0.242 e. The molecule has 0 spiro atoms. The molecule has 2 heterocycles. The molecule has 1 aliphatic heterocycles. The number of carbonyl (C=O) groups excluding carboxylic acids is 2. The van der Waals surface area contributed by atoms with Crippen molar-refractivity contribution in [3.05, 3.63) is 58.9 Å². The van der Waals surface area contributed by atoms with Crippen molar-refractivity contribution < 1.29 is 9.59 Å². The first-order chi connectivity index (χ1) is 13.5. The van der Waals surface area contributed by atoms with Gasteiger partial charge in [0.1, 0.15) is 6.04 Å². The zero-order valence-corrected chi connectivity index (χ0v) is 17.2. The first-order valence-corrected chi connectivity index (χ1v) is 10.2. The lowest BCUT2D eigenvalue weighted by molar-refractivity contribution is -0.141. The van der Waals surface area contributed by atoms with Crippen LogP contribution in [0.4, 0.5) is 0 Å². The van der Waals surface area contributed by atoms with Crippen LogP contribution in [-0.4, -0.2) is 34.4 Å². The predicted molar refractivity (Wildman–Crippen MR) is 111 cm³/mol. The number of aryl methyl sites for hydroxylation is 2. The molecule has 0 saturated carbocycles. The van der Waals surface area contributed by atoms with Gasteiger partial charge in [-0.05, 0) is 49.9 Å². The average molecular weight is 382 g/mol. The Bertz CT molecular complexity index is 821. The largest absolute Gasteiger partial charge is 0.357 e. The second-order valence-corrected chi connectivity index (χ2v) is 7.70. The van der Waals surface area contributed by atoms with Gasteiger partial charge >= 0.3 is 0 Å². The molecule has 0 unspecified atom stereocenters. The second kappa shape index (κ2) is 9.09. The van der Waals surface area contributed by atoms with Crippen LogP contribution in [0, 0.1) is 13.8 Å². The molecule has 1 aliphatic rings. The summed E-state index contributed by atoms with van der Waals surface area (Å²) in [4.78, 5) is 27.0. The van der Waals surface area contributed by atoms with Gasteiger partial charge in [-0.3, -0.25) is 9.59 Å². The molecule has 1 N–H and O–H groups in total. The fourth-order valence-electron chi connectivity index (χ4n) is 4.10. The van der Waals surface area contributed by atoms with Crippen molar-refractivity contribution in [1.29, 1.82) is 0 Å². The summed E-state index contributed by atoms with van der Waals surface area (Å²) in [5.74, 6) is -0.00200. The van der Waals surface area contributed by atoms with E-state index in [9.17, 15) is 9.59 Å². The maximum Gasteiger partial charge on any atom is 0.242 e. The van der Waals surface area contributed by atoms with E-state index in [2.05, 4.69) is 48.0 Å². The molecule has 0 saturated heterocycles. The number of benzene rings is 1. The molecular weight excluding hydrogens is 350 g/mol. The molecular formula is C23H31N3O2. The number of hydrogen-bond donors (Lipinski definition) is 1. The number of aromatic nitrogens is 1. The summed E-state index contributed by atoms with van der Waals surface area (Å²) in [6.45, 7) is 5.78. The molecule has 28 heavy (non-hydrogen) atoms. The Morgan fingerprint density at radius 2 is 1.68 bits per heavy atom. The minimum atomic E-state index is -0.405. The first kappa shape index (κ1) is 20.2. The van der Waals surface area contributed by atoms with Crippen molar-refractivity contribution in [2.24, 2.45) is 0 Å². The Balaban J connectivity index is 1.54. The molecule has 0 aliphatic carbocycles. The summed E-state index contributed by atoms with van der Waals surface area (Å²) in [5, 5.41) is 2.72. The van der Waals surface area contributed by atoms with Crippen LogP contribution in [0.3, 0.4) is 0 Å². The van der Waals surface area contributed by atoms with Gasteiger partial charge in [-0.1, -0.05) is 30.7 Å². The van der Waals surface area contributed by atoms with Crippen LogP contribution < -0.4 is 5.32 Å². The number of nitrogens with one attached hydrogen (secondary N) is 1. The van der Waals surface area contributed by atoms with Crippen molar-refractivity contribution in [1.82, 2.24) is 14.8 Å². The number of amides is 2. The maximum atomic E-state index is 12.9. The third-order valence-corrected chi connectivity index (χ3v) is 5.81. The van der Waals surface area contributed by atoms with Crippen LogP contribution in [-0.2, 0) is 29.1 Å². The molecule has 0 fully saturated rings. The Morgan fingerprint density at radius 1 is 1.00 bits per heavy atom. The second-order valence-electron chi connectivity index (χ2n) is 7.70. The van der Waals surface area contributed by atoms with Gasteiger partial charge in [0.15, 0.2) is 0 Å². The van der Waals surface area contributed by atoms with Gasteiger partial charge in [0.05, 0.1) is 0 Å². The number of rotatable bonds is 7. The third kappa shape index (κ3) is 4.46. The molecule has 1 aromatic heterocycles. The van der Waals surface area contributed by atoms with E-state index in [1.165, 1.54) is 11.4 Å². The van der Waals surface area contributed by atoms with Gasteiger partial charge in [-0.15, -0.1) is 0 Å². The van der Waals surface area contributed by atoms with Crippen molar-refractivity contribution in [3.8, 4) is 0 Å². The van der Waals surface area contributed by atoms with Gasteiger partial charge in [0.2, 0.25) is 11.8 Å². The monoisotopic (exact) mass is 381 g/mol. The molecule has 5 nitrogen and oxygen atoms in total. The lowest BCUT2D eigenvalue weighted by atomic mass is 9.93. The highest BCUT2D eigenvalue weighted by molar-refractivity contribution is 5.88. The highest BCUT2D eigenvalue weighted by Crippen LogP contribution is 2.24. The molecule has 2 amide bonds. The van der Waals surface area contributed by atoms with E-state index < -0.39 is 6.04 Å². The normalized spacial score (nSPS) is 16.0. The SMILES string of the molecule is CNC(=O)[C@@H]1Cc2ccccc2CN1C(=O)CCCCCn1c(C)ccc1C. The van der Waals surface area contributed by atoms with Gasteiger partial charge in [-0.25, -0.2) is 0 Å². The number of carbonyl (C=O) groups is 2. The lowest BCUT2D eigenvalue weighted by Crippen LogP contribution is -2.51. The molecule has 1 aromatic carbocycles. The fraction of sp³-hybridized carbons (Fsp3) is 0.478. The van der Waals surface area contributed by atoms with E-state index >= 15 is 0 Å². The maximum absolute atomic E-state index is 12.9. The molecule has 2 aromatic rings. The number of hydrogen-bond acceptors (Lipinski definition) is 2. The Labute approximate surface area is 167 Å². The quantitative estimate of drug-likeness (QED) is 0.748. The zero-order chi connectivity index (χ0) is 20.1. The Kier molecular flexibility index (Phi) is 6.55. The molecule has 0 radical (unpaired) electrons. The minimum absolute atomic E-state index is 0.0800. The Morgan fingerprint density at radius 3 is 2.36 bits per heavy atom. The highest BCUT2D eigenvalue weighted by Gasteiger charge is 2.33. The predicted octanol–water partition coefficient (Wildman–Crippen LogP) is 3.36. The first-order valence-electron chi connectivity index (χ1n) is 10.2. The van der Waals surface area contributed by atoms with Crippen LogP contribution in [0.1, 0.15) is 48.2 Å². The minimum Gasteiger partial charge on any atom is -0.357 e. The molecule has 0 bridgehead atoms. The van der Waals surface area contributed by atoms with E-state index in [1.807, 2.05) is 12.1 Å². The summed E-state index contributed by atoms with van der Waals surface area (Å²) in [7, 11) is 1.64. The highest BCUT2D eigenvalue weighted by atomic mass is 16.2. The van der Waals surface area contributed by atoms with Crippen LogP contribution in [0.15, 0.2) is 36.4 Å². The molecule has 5 heteroatoms. The third-order valence-electron chi connectivity index (χ3n) is 5.81. The van der Waals surface area contributed by atoms with Crippen molar-refractivity contribution in [3.63, 3.8) is 0 Å². The summed E-state index contributed by atoms with van der Waals surface area (Å²) in [6, 6.07) is 12.0. The number of likely N-dealkylation sites (N-methyl/N-ethyl adjacent to an activating group) is 1. The van der Waals surface area contributed by atoms with Gasteiger partial charge in [-0.2, -0.15) is 0 Å². The lowest BCUT2D eigenvalue weighted by Gasteiger charge is -2.36. The topological polar surface area (TPSA) is 54.3 Å². The summed E-state index contributed by atoms with van der Waals surface area (Å²) >= 11 is 0. The molecule has 150 valence electrons. The van der Waals surface area contributed by atoms with Crippen LogP contribution in [0.2, 0.25) is 0 Å². The van der Waals surface area contributed by atoms with Crippen molar-refractivity contribution >= 4 is 11.8 Å². The average Bonchev–Trinajstić information content (AvgIpc) is 3.03. The number of unbranched alkanes of at least 4 members (excludes halogenated alkanes) is 2. The van der Waals surface area contributed by atoms with E-state index in [-0.39, 0.29) is 11.8 Å².